The average molecular weight is 227 g/mol. The summed E-state index contributed by atoms with van der Waals surface area (Å²) < 4.78 is 6.02. The number of halogens is 2. The third-order valence-corrected chi connectivity index (χ3v) is 2.01. The summed E-state index contributed by atoms with van der Waals surface area (Å²) in [6, 6.07) is 0. The zero-order chi connectivity index (χ0) is 5.11. The normalized spacial score (nSPS) is 18.1. The van der Waals surface area contributed by atoms with Crippen LogP contribution < -0.4 is 0 Å². The van der Waals surface area contributed by atoms with Crippen LogP contribution >= 0.6 is 32.6 Å². The second-order valence-corrected chi connectivity index (χ2v) is 3.27. The molecule has 3 heteroatoms. The number of hydrogen-bond acceptors (Lipinski definition) is 1. The lowest BCUT2D eigenvalue weighted by molar-refractivity contribution is 2.03. The van der Waals surface area contributed by atoms with Crippen molar-refractivity contribution in [1.29, 1.82) is 0 Å². The first-order valence-corrected chi connectivity index (χ1v) is 4.33. The van der Waals surface area contributed by atoms with Crippen LogP contribution in [0.2, 0.25) is 0 Å². The summed E-state index contributed by atoms with van der Waals surface area (Å²) in [4.78, 5) is 0. The van der Waals surface area contributed by atoms with Crippen molar-refractivity contribution in [2.45, 2.75) is 0 Å². The monoisotopic (exact) mass is 227 g/mol. The fraction of sp³-hybridized carbons (Fsp3) is 0. The summed E-state index contributed by atoms with van der Waals surface area (Å²) in [5.74, 6) is 0. The number of nitrogens with zero attached hydrogens (tertiary/aromatic N) is 1. The highest BCUT2D eigenvalue weighted by Gasteiger charge is 1.83. The molecule has 1 aliphatic heterocycles. The molecule has 7 heavy (non-hydrogen) atoms. The molecule has 0 fully saturated rings. The molecule has 0 N–H and O–H groups in total. The Hall–Kier alpha value is 0.300. The Labute approximate surface area is 57.2 Å². The van der Waals surface area contributed by atoms with Crippen molar-refractivity contribution in [2.24, 2.45) is 3.21 Å². The number of hydrogen-bond donors (Lipinski definition) is 0. The highest BCUT2D eigenvalue weighted by atomic mass is 127. The smallest absolute Gasteiger partial charge is 0.0598 e. The van der Waals surface area contributed by atoms with E-state index < -0.39 is 0 Å². The molecule has 0 amide bonds. The molecule has 1 heterocycles. The molecule has 0 aromatic rings. The quantitative estimate of drug-likeness (QED) is 0.560. The fourth-order valence-corrected chi connectivity index (χ4v) is 1.92. The minimum Gasteiger partial charge on any atom is -0.229 e. The summed E-state index contributed by atoms with van der Waals surface area (Å²) >= 11 is 5.49. The molecule has 0 saturated heterocycles. The molecule has 1 nitrogen and oxygen atoms in total. The molecule has 0 unspecified atom stereocenters. The SMILES string of the molecule is ClC1=CC=IN=C1. The Morgan fingerprint density at radius 2 is 2.57 bits per heavy atom. The summed E-state index contributed by atoms with van der Waals surface area (Å²) in [5.41, 5.74) is 0. The molecule has 0 bridgehead atoms. The predicted octanol–water partition coefficient (Wildman–Crippen LogP) is 1.88. The average Bonchev–Trinajstić information content (AvgIpc) is 1.69. The van der Waals surface area contributed by atoms with Crippen molar-refractivity contribution in [3.8, 4) is 0 Å². The molecule has 38 valence electrons. The summed E-state index contributed by atoms with van der Waals surface area (Å²) in [6.45, 7) is 0. The van der Waals surface area contributed by atoms with E-state index in [4.69, 9.17) is 11.6 Å². The molecule has 0 aromatic heterocycles. The van der Waals surface area contributed by atoms with E-state index in [-0.39, 0.29) is 21.0 Å². The summed E-state index contributed by atoms with van der Waals surface area (Å²) in [6.07, 6.45) is 3.59. The molecule has 0 radical (unpaired) electrons. The van der Waals surface area contributed by atoms with Gasteiger partial charge in [0.25, 0.3) is 0 Å². The van der Waals surface area contributed by atoms with Crippen molar-refractivity contribution in [3.05, 3.63) is 11.1 Å². The lowest BCUT2D eigenvalue weighted by atomic mass is 10.6. The molecular formula is C4H3ClIN. The Kier molecular flexibility index (Phi) is 2.00. The van der Waals surface area contributed by atoms with Crippen LogP contribution in [0.25, 0.3) is 0 Å². The van der Waals surface area contributed by atoms with E-state index in [0.29, 0.717) is 0 Å². The standard InChI is InChI=1S/C4H3ClIN/c5-4-1-2-6-7-3-4/h1-3H. The maximum atomic E-state index is 5.51. The Balaban J connectivity index is 2.82. The van der Waals surface area contributed by atoms with Gasteiger partial charge in [-0.05, 0) is 10.1 Å². The molecule has 0 spiro atoms. The lowest BCUT2D eigenvalue weighted by Gasteiger charge is -1.85. The van der Waals surface area contributed by atoms with Crippen LogP contribution in [0.5, 0.6) is 0 Å². The van der Waals surface area contributed by atoms with Crippen LogP contribution in [-0.4, -0.2) is 10.2 Å². The first-order valence-electron chi connectivity index (χ1n) is 1.75. The van der Waals surface area contributed by atoms with Crippen LogP contribution in [0.1, 0.15) is 0 Å². The predicted molar refractivity (Wildman–Crippen MR) is 42.5 cm³/mol. The first kappa shape index (κ1) is 5.44. The van der Waals surface area contributed by atoms with Crippen LogP contribution in [0.15, 0.2) is 14.3 Å². The molecule has 0 saturated carbocycles. The molecule has 0 aliphatic carbocycles. The van der Waals surface area contributed by atoms with Crippen LogP contribution in [0.3, 0.4) is 0 Å². The molecule has 0 aromatic carbocycles. The molecule has 1 rings (SSSR count). The third kappa shape index (κ3) is 1.69. The second-order valence-electron chi connectivity index (χ2n) is 1.00. The van der Waals surface area contributed by atoms with Gasteiger partial charge in [-0.2, -0.15) is 0 Å². The van der Waals surface area contributed by atoms with Gasteiger partial charge < -0.3 is 0 Å². The van der Waals surface area contributed by atoms with Gasteiger partial charge in [0.05, 0.1) is 11.2 Å². The van der Waals surface area contributed by atoms with Crippen molar-refractivity contribution in [2.75, 3.05) is 0 Å². The zero-order valence-electron chi connectivity index (χ0n) is 3.44. The molecule has 0 atom stereocenters. The zero-order valence-corrected chi connectivity index (χ0v) is 6.35. The topological polar surface area (TPSA) is 12.4 Å². The van der Waals surface area contributed by atoms with Crippen molar-refractivity contribution in [1.82, 2.24) is 0 Å². The summed E-state index contributed by atoms with van der Waals surface area (Å²) in [5, 5.41) is 0.742. The number of allylic oxidation sites excluding steroid dienone is 2. The van der Waals surface area contributed by atoms with Crippen LogP contribution in [-0.2, 0) is 0 Å². The van der Waals surface area contributed by atoms with Crippen LogP contribution in [0, 0.1) is 0 Å². The Bertz CT molecular complexity index is 148. The van der Waals surface area contributed by atoms with Gasteiger partial charge in [0.2, 0.25) is 0 Å². The van der Waals surface area contributed by atoms with Crippen molar-refractivity contribution in [3.63, 3.8) is 0 Å². The minimum absolute atomic E-state index is 0.0288. The summed E-state index contributed by atoms with van der Waals surface area (Å²) in [7, 11) is 0. The van der Waals surface area contributed by atoms with E-state index in [1.54, 1.807) is 6.21 Å². The van der Waals surface area contributed by atoms with Gasteiger partial charge in [-0.25, -0.2) is 3.21 Å². The highest BCUT2D eigenvalue weighted by Crippen LogP contribution is 2.06. The van der Waals surface area contributed by atoms with Gasteiger partial charge in [0.15, 0.2) is 0 Å². The fourth-order valence-electron chi connectivity index (χ4n) is 0.239. The van der Waals surface area contributed by atoms with E-state index in [1.807, 2.05) is 10.1 Å². The minimum atomic E-state index is -0.0288. The van der Waals surface area contributed by atoms with E-state index in [0.717, 1.165) is 5.03 Å². The highest BCUT2D eigenvalue weighted by molar-refractivity contribution is 14.2. The maximum absolute atomic E-state index is 5.51. The van der Waals surface area contributed by atoms with E-state index in [2.05, 4.69) is 3.21 Å². The van der Waals surface area contributed by atoms with E-state index >= 15 is 0 Å². The Morgan fingerprint density at radius 3 is 2.86 bits per heavy atom. The first-order chi connectivity index (χ1) is 3.39. The Morgan fingerprint density at radius 1 is 1.71 bits per heavy atom. The van der Waals surface area contributed by atoms with Gasteiger partial charge in [-0.15, -0.1) is 0 Å². The largest absolute Gasteiger partial charge is 0.229 e. The van der Waals surface area contributed by atoms with Crippen molar-refractivity contribution >= 4 is 42.8 Å². The third-order valence-electron chi connectivity index (χ3n) is 0.507. The van der Waals surface area contributed by atoms with Gasteiger partial charge >= 0.3 is 0 Å². The number of rotatable bonds is 0. The van der Waals surface area contributed by atoms with Gasteiger partial charge in [-0.3, -0.25) is 0 Å². The van der Waals surface area contributed by atoms with Gasteiger partial charge in [-0.1, -0.05) is 11.6 Å². The van der Waals surface area contributed by atoms with E-state index in [9.17, 15) is 0 Å². The van der Waals surface area contributed by atoms with Crippen molar-refractivity contribution < 1.29 is 0 Å². The van der Waals surface area contributed by atoms with Crippen LogP contribution in [0.4, 0.5) is 0 Å². The molecule has 1 aliphatic rings. The molecular weight excluding hydrogens is 224 g/mol. The maximum Gasteiger partial charge on any atom is 0.0598 e. The van der Waals surface area contributed by atoms with Gasteiger partial charge in [0, 0.05) is 21.0 Å². The van der Waals surface area contributed by atoms with Gasteiger partial charge in [0.1, 0.15) is 0 Å². The van der Waals surface area contributed by atoms with E-state index in [1.165, 1.54) is 0 Å². The second kappa shape index (κ2) is 2.57. The lowest BCUT2D eigenvalue weighted by Crippen LogP contribution is -1.74.